The van der Waals surface area contributed by atoms with E-state index in [-0.39, 0.29) is 43.4 Å². The van der Waals surface area contributed by atoms with E-state index in [9.17, 15) is 18.0 Å². The van der Waals surface area contributed by atoms with Gasteiger partial charge in [0.1, 0.15) is 5.76 Å². The van der Waals surface area contributed by atoms with Crippen molar-refractivity contribution in [3.05, 3.63) is 42.2 Å². The second-order valence-electron chi connectivity index (χ2n) is 5.93. The Labute approximate surface area is 157 Å². The SMILES string of the molecule is CCOC(=O)N1CCN(S(=O)(=O)c2ccc(-c3ccc(C=O)o3)cc2)CC1. The number of sulfonamides is 1. The first-order valence-electron chi connectivity index (χ1n) is 8.53. The molecular weight excluding hydrogens is 372 g/mol. The molecular formula is C18H20N2O6S. The fraction of sp³-hybridized carbons (Fsp3) is 0.333. The van der Waals surface area contributed by atoms with Crippen LogP contribution in [0.5, 0.6) is 0 Å². The zero-order chi connectivity index (χ0) is 19.4. The molecule has 144 valence electrons. The molecule has 0 N–H and O–H groups in total. The number of rotatable bonds is 5. The van der Waals surface area contributed by atoms with Crippen LogP contribution in [0.1, 0.15) is 17.5 Å². The van der Waals surface area contributed by atoms with E-state index < -0.39 is 16.1 Å². The highest BCUT2D eigenvalue weighted by Crippen LogP contribution is 2.25. The predicted molar refractivity (Wildman–Crippen MR) is 96.9 cm³/mol. The van der Waals surface area contributed by atoms with Crippen LogP contribution in [0.3, 0.4) is 0 Å². The molecule has 0 saturated carbocycles. The molecule has 0 radical (unpaired) electrons. The summed E-state index contributed by atoms with van der Waals surface area (Å²) in [5.74, 6) is 0.699. The molecule has 0 spiro atoms. The van der Waals surface area contributed by atoms with Crippen LogP contribution in [0.4, 0.5) is 4.79 Å². The van der Waals surface area contributed by atoms with Gasteiger partial charge in [0.2, 0.25) is 10.0 Å². The molecule has 0 aliphatic carbocycles. The minimum atomic E-state index is -3.65. The van der Waals surface area contributed by atoms with Gasteiger partial charge in [0, 0.05) is 31.7 Å². The molecule has 1 fully saturated rings. The van der Waals surface area contributed by atoms with E-state index in [1.165, 1.54) is 21.3 Å². The maximum absolute atomic E-state index is 12.8. The van der Waals surface area contributed by atoms with Crippen molar-refractivity contribution in [2.24, 2.45) is 0 Å². The molecule has 1 aliphatic rings. The Bertz CT molecular complexity index is 912. The van der Waals surface area contributed by atoms with Crippen molar-refractivity contribution in [3.8, 4) is 11.3 Å². The molecule has 2 aromatic rings. The van der Waals surface area contributed by atoms with E-state index in [1.807, 2.05) is 0 Å². The van der Waals surface area contributed by atoms with Crippen LogP contribution in [0.2, 0.25) is 0 Å². The first-order valence-corrected chi connectivity index (χ1v) is 9.97. The normalized spacial score (nSPS) is 15.5. The minimum absolute atomic E-state index is 0.165. The van der Waals surface area contributed by atoms with Crippen LogP contribution in [0.25, 0.3) is 11.3 Å². The number of benzene rings is 1. The Hall–Kier alpha value is -2.65. The number of nitrogens with zero attached hydrogens (tertiary/aromatic N) is 2. The van der Waals surface area contributed by atoms with E-state index in [1.54, 1.807) is 31.2 Å². The van der Waals surface area contributed by atoms with Crippen molar-refractivity contribution < 1.29 is 27.2 Å². The van der Waals surface area contributed by atoms with Crippen molar-refractivity contribution in [2.45, 2.75) is 11.8 Å². The van der Waals surface area contributed by atoms with Gasteiger partial charge < -0.3 is 14.1 Å². The second-order valence-corrected chi connectivity index (χ2v) is 7.87. The molecule has 0 bridgehead atoms. The number of aldehydes is 1. The zero-order valence-corrected chi connectivity index (χ0v) is 15.6. The lowest BCUT2D eigenvalue weighted by atomic mass is 10.2. The number of amides is 1. The van der Waals surface area contributed by atoms with E-state index in [0.29, 0.717) is 17.6 Å². The van der Waals surface area contributed by atoms with Crippen LogP contribution in [0.15, 0.2) is 45.7 Å². The second kappa shape index (κ2) is 7.93. The molecule has 1 aliphatic heterocycles. The summed E-state index contributed by atoms with van der Waals surface area (Å²) < 4.78 is 37.3. The quantitative estimate of drug-likeness (QED) is 0.724. The molecule has 0 unspecified atom stereocenters. The lowest BCUT2D eigenvalue weighted by molar-refractivity contribution is 0.0934. The van der Waals surface area contributed by atoms with E-state index >= 15 is 0 Å². The van der Waals surface area contributed by atoms with Crippen molar-refractivity contribution in [1.29, 1.82) is 0 Å². The predicted octanol–water partition coefficient (Wildman–Crippen LogP) is 2.22. The van der Waals surface area contributed by atoms with Gasteiger partial charge in [0.15, 0.2) is 12.0 Å². The lowest BCUT2D eigenvalue weighted by Gasteiger charge is -2.33. The molecule has 1 amide bonds. The smallest absolute Gasteiger partial charge is 0.409 e. The maximum Gasteiger partial charge on any atom is 0.409 e. The lowest BCUT2D eigenvalue weighted by Crippen LogP contribution is -2.50. The molecule has 0 atom stereocenters. The molecule has 8 nitrogen and oxygen atoms in total. The summed E-state index contributed by atoms with van der Waals surface area (Å²) in [5.41, 5.74) is 0.675. The molecule has 1 aromatic heterocycles. The van der Waals surface area contributed by atoms with E-state index in [2.05, 4.69) is 0 Å². The number of ether oxygens (including phenoxy) is 1. The number of piperazine rings is 1. The summed E-state index contributed by atoms with van der Waals surface area (Å²) in [6.45, 7) is 3.01. The fourth-order valence-corrected chi connectivity index (χ4v) is 4.26. The number of furan rings is 1. The highest BCUT2D eigenvalue weighted by molar-refractivity contribution is 7.89. The molecule has 9 heteroatoms. The van der Waals surface area contributed by atoms with Gasteiger partial charge in [0.25, 0.3) is 0 Å². The van der Waals surface area contributed by atoms with Gasteiger partial charge in [-0.25, -0.2) is 13.2 Å². The monoisotopic (exact) mass is 392 g/mol. The van der Waals surface area contributed by atoms with E-state index in [0.717, 1.165) is 0 Å². The van der Waals surface area contributed by atoms with Gasteiger partial charge in [-0.2, -0.15) is 4.31 Å². The summed E-state index contributed by atoms with van der Waals surface area (Å²) in [6.07, 6.45) is 0.185. The van der Waals surface area contributed by atoms with Gasteiger partial charge in [-0.15, -0.1) is 0 Å². The van der Waals surface area contributed by atoms with Gasteiger partial charge in [-0.3, -0.25) is 4.79 Å². The van der Waals surface area contributed by atoms with Crippen LogP contribution in [0, 0.1) is 0 Å². The summed E-state index contributed by atoms with van der Waals surface area (Å²) in [6, 6.07) is 9.49. The Kier molecular flexibility index (Phi) is 5.62. The maximum atomic E-state index is 12.8. The number of hydrogen-bond donors (Lipinski definition) is 0. The number of carbonyl (C=O) groups excluding carboxylic acids is 2. The number of hydrogen-bond acceptors (Lipinski definition) is 6. The van der Waals surface area contributed by atoms with E-state index in [4.69, 9.17) is 9.15 Å². The van der Waals surface area contributed by atoms with Crippen LogP contribution in [-0.4, -0.2) is 62.8 Å². The van der Waals surface area contributed by atoms with Crippen molar-refractivity contribution in [2.75, 3.05) is 32.8 Å². The molecule has 1 saturated heterocycles. The topological polar surface area (TPSA) is 97.1 Å². The van der Waals surface area contributed by atoms with Crippen LogP contribution in [-0.2, 0) is 14.8 Å². The third kappa shape index (κ3) is 4.04. The first-order chi connectivity index (χ1) is 13.0. The largest absolute Gasteiger partial charge is 0.453 e. The zero-order valence-electron chi connectivity index (χ0n) is 14.8. The third-order valence-corrected chi connectivity index (χ3v) is 6.20. The highest BCUT2D eigenvalue weighted by atomic mass is 32.2. The first kappa shape index (κ1) is 19.1. The van der Waals surface area contributed by atoms with Gasteiger partial charge in [-0.05, 0) is 43.3 Å². The number of carbonyl (C=O) groups is 2. The van der Waals surface area contributed by atoms with Gasteiger partial charge in [-0.1, -0.05) is 0 Å². The van der Waals surface area contributed by atoms with Crippen molar-refractivity contribution in [1.82, 2.24) is 9.21 Å². The fourth-order valence-electron chi connectivity index (χ4n) is 2.84. The average Bonchev–Trinajstić information content (AvgIpc) is 3.18. The Morgan fingerprint density at radius 2 is 1.78 bits per heavy atom. The molecule has 1 aromatic carbocycles. The van der Waals surface area contributed by atoms with Crippen LogP contribution >= 0.6 is 0 Å². The Morgan fingerprint density at radius 1 is 1.11 bits per heavy atom. The summed E-state index contributed by atoms with van der Waals surface area (Å²) >= 11 is 0. The van der Waals surface area contributed by atoms with Gasteiger partial charge >= 0.3 is 6.09 Å². The van der Waals surface area contributed by atoms with Crippen molar-refractivity contribution in [3.63, 3.8) is 0 Å². The molecule has 2 heterocycles. The Balaban J connectivity index is 1.70. The van der Waals surface area contributed by atoms with Gasteiger partial charge in [0.05, 0.1) is 11.5 Å². The van der Waals surface area contributed by atoms with Crippen LogP contribution < -0.4 is 0 Å². The standard InChI is InChI=1S/C18H20N2O6S/c1-2-25-18(22)19-9-11-20(12-10-19)27(23,24)16-6-3-14(4-7-16)17-8-5-15(13-21)26-17/h3-8,13H,2,9-12H2,1H3. The summed E-state index contributed by atoms with van der Waals surface area (Å²) in [4.78, 5) is 24.1. The summed E-state index contributed by atoms with van der Waals surface area (Å²) in [7, 11) is -3.65. The Morgan fingerprint density at radius 3 is 2.33 bits per heavy atom. The minimum Gasteiger partial charge on any atom is -0.453 e. The third-order valence-electron chi connectivity index (χ3n) is 4.28. The average molecular weight is 392 g/mol. The molecule has 27 heavy (non-hydrogen) atoms. The van der Waals surface area contributed by atoms with Crippen molar-refractivity contribution >= 4 is 22.4 Å². The summed E-state index contributed by atoms with van der Waals surface area (Å²) in [5, 5.41) is 0. The highest BCUT2D eigenvalue weighted by Gasteiger charge is 2.30. The molecule has 3 rings (SSSR count).